The zero-order chi connectivity index (χ0) is 32.6. The monoisotopic (exact) mass is 645 g/mol. The van der Waals surface area contributed by atoms with E-state index in [0.717, 1.165) is 15.4 Å². The molecule has 0 radical (unpaired) electrons. The fourth-order valence-corrected chi connectivity index (χ4v) is 6.65. The van der Waals surface area contributed by atoms with Gasteiger partial charge in [0.2, 0.25) is 11.8 Å². The van der Waals surface area contributed by atoms with Crippen LogP contribution < -0.4 is 9.62 Å². The van der Waals surface area contributed by atoms with Gasteiger partial charge < -0.3 is 10.2 Å². The molecular formula is C36H40ClN3O4S. The Morgan fingerprint density at radius 1 is 0.822 bits per heavy atom. The minimum absolute atomic E-state index is 0.0112. The van der Waals surface area contributed by atoms with Crippen molar-refractivity contribution in [2.75, 3.05) is 17.4 Å². The average Bonchev–Trinajstić information content (AvgIpc) is 3.02. The number of hydrogen-bond acceptors (Lipinski definition) is 4. The van der Waals surface area contributed by atoms with E-state index in [1.807, 2.05) is 63.2 Å². The Morgan fingerprint density at radius 3 is 2.09 bits per heavy atom. The molecule has 4 aromatic rings. The van der Waals surface area contributed by atoms with Gasteiger partial charge in [-0.25, -0.2) is 8.42 Å². The number of rotatable bonds is 13. The number of halogens is 1. The molecular weight excluding hydrogens is 606 g/mol. The van der Waals surface area contributed by atoms with Crippen LogP contribution in [0, 0.1) is 19.8 Å². The van der Waals surface area contributed by atoms with Gasteiger partial charge in [-0.3, -0.25) is 13.9 Å². The van der Waals surface area contributed by atoms with Crippen LogP contribution in [0.5, 0.6) is 0 Å². The number of nitrogens with zero attached hydrogens (tertiary/aromatic N) is 2. The van der Waals surface area contributed by atoms with Crippen molar-refractivity contribution < 1.29 is 18.0 Å². The molecule has 1 atom stereocenters. The molecule has 0 spiro atoms. The molecule has 2 amide bonds. The van der Waals surface area contributed by atoms with Crippen molar-refractivity contribution in [2.24, 2.45) is 5.92 Å². The first-order valence-electron chi connectivity index (χ1n) is 15.0. The van der Waals surface area contributed by atoms with E-state index in [1.165, 1.54) is 4.90 Å². The van der Waals surface area contributed by atoms with E-state index in [-0.39, 0.29) is 29.7 Å². The largest absolute Gasteiger partial charge is 0.354 e. The number of hydrogen-bond donors (Lipinski definition) is 1. The predicted octanol–water partition coefficient (Wildman–Crippen LogP) is 6.56. The van der Waals surface area contributed by atoms with Crippen molar-refractivity contribution in [3.63, 3.8) is 0 Å². The average molecular weight is 646 g/mol. The highest BCUT2D eigenvalue weighted by Gasteiger charge is 2.35. The van der Waals surface area contributed by atoms with Crippen molar-refractivity contribution in [3.8, 4) is 0 Å². The van der Waals surface area contributed by atoms with Crippen LogP contribution in [0.2, 0.25) is 5.02 Å². The fourth-order valence-electron chi connectivity index (χ4n) is 4.98. The van der Waals surface area contributed by atoms with Crippen molar-refractivity contribution in [2.45, 2.75) is 51.6 Å². The van der Waals surface area contributed by atoms with Gasteiger partial charge in [0.15, 0.2) is 0 Å². The third-order valence-corrected chi connectivity index (χ3v) is 9.67. The van der Waals surface area contributed by atoms with Crippen LogP contribution in [0.3, 0.4) is 0 Å². The molecule has 4 aromatic carbocycles. The summed E-state index contributed by atoms with van der Waals surface area (Å²) in [5.41, 5.74) is 3.49. The Bertz CT molecular complexity index is 1710. The smallest absolute Gasteiger partial charge is 0.264 e. The summed E-state index contributed by atoms with van der Waals surface area (Å²) in [6.45, 7) is 7.59. The summed E-state index contributed by atoms with van der Waals surface area (Å²) in [5, 5.41) is 3.44. The molecule has 9 heteroatoms. The maximum Gasteiger partial charge on any atom is 0.264 e. The summed E-state index contributed by atoms with van der Waals surface area (Å²) < 4.78 is 29.5. The number of anilines is 1. The Balaban J connectivity index is 1.81. The third-order valence-electron chi connectivity index (χ3n) is 7.53. The molecule has 0 aliphatic rings. The highest BCUT2D eigenvalue weighted by Crippen LogP contribution is 2.28. The number of benzene rings is 4. The number of carbonyl (C=O) groups excluding carboxylic acids is 2. The molecule has 45 heavy (non-hydrogen) atoms. The topological polar surface area (TPSA) is 86.8 Å². The summed E-state index contributed by atoms with van der Waals surface area (Å²) >= 11 is 6.56. The van der Waals surface area contributed by atoms with E-state index in [9.17, 15) is 18.0 Å². The van der Waals surface area contributed by atoms with Gasteiger partial charge in [0, 0.05) is 24.5 Å². The van der Waals surface area contributed by atoms with Gasteiger partial charge >= 0.3 is 0 Å². The van der Waals surface area contributed by atoms with Crippen molar-refractivity contribution in [1.29, 1.82) is 0 Å². The van der Waals surface area contributed by atoms with E-state index in [1.54, 1.807) is 67.6 Å². The normalized spacial score (nSPS) is 12.0. The Labute approximate surface area is 271 Å². The first-order chi connectivity index (χ1) is 21.5. The zero-order valence-corrected chi connectivity index (χ0v) is 27.7. The van der Waals surface area contributed by atoms with Gasteiger partial charge in [0.25, 0.3) is 10.0 Å². The summed E-state index contributed by atoms with van der Waals surface area (Å²) in [6.07, 6.45) is 0.232. The molecule has 1 unspecified atom stereocenters. The number of aryl methyl sites for hydroxylation is 2. The first-order valence-corrected chi connectivity index (χ1v) is 16.8. The molecule has 0 aromatic heterocycles. The SMILES string of the molecule is Cc1ccc(S(=O)(=O)N(CC(=O)N(Cc2ccccc2Cl)C(Cc2ccccc2)C(=O)NCC(C)C)c2ccccc2C)cc1. The van der Waals surface area contributed by atoms with Gasteiger partial charge in [0.05, 0.1) is 10.6 Å². The molecule has 0 heterocycles. The lowest BCUT2D eigenvalue weighted by Crippen LogP contribution is -2.53. The molecule has 7 nitrogen and oxygen atoms in total. The quantitative estimate of drug-likeness (QED) is 0.178. The maximum absolute atomic E-state index is 14.6. The minimum atomic E-state index is -4.17. The van der Waals surface area contributed by atoms with Gasteiger partial charge in [-0.2, -0.15) is 0 Å². The van der Waals surface area contributed by atoms with E-state index in [2.05, 4.69) is 5.32 Å². The number of para-hydroxylation sites is 1. The van der Waals surface area contributed by atoms with Crippen LogP contribution >= 0.6 is 11.6 Å². The van der Waals surface area contributed by atoms with Gasteiger partial charge in [-0.05, 0) is 60.7 Å². The van der Waals surface area contributed by atoms with Crippen molar-refractivity contribution in [3.05, 3.63) is 130 Å². The lowest BCUT2D eigenvalue weighted by molar-refractivity contribution is -0.140. The van der Waals surface area contributed by atoms with Crippen molar-refractivity contribution >= 4 is 39.1 Å². The van der Waals surface area contributed by atoms with E-state index < -0.39 is 28.5 Å². The Morgan fingerprint density at radius 2 is 1.44 bits per heavy atom. The van der Waals surface area contributed by atoms with E-state index in [0.29, 0.717) is 28.4 Å². The Hall–Kier alpha value is -4.14. The standard InChI is InChI=1S/C36H40ClN3O4S/c1-26(2)23-38-36(42)34(22-29-13-6-5-7-14-29)39(24-30-15-9-10-16-32(30)37)35(41)25-40(33-17-11-8-12-28(33)4)45(43,44)31-20-18-27(3)19-21-31/h5-21,26,34H,22-25H2,1-4H3,(H,38,42). The first kappa shape index (κ1) is 33.7. The lowest BCUT2D eigenvalue weighted by atomic mass is 10.0. The van der Waals surface area contributed by atoms with Crippen LogP contribution in [0.25, 0.3) is 0 Å². The molecule has 0 bridgehead atoms. The molecule has 236 valence electrons. The number of amides is 2. The molecule has 4 rings (SSSR count). The number of nitrogens with one attached hydrogen (secondary N) is 1. The van der Waals surface area contributed by atoms with Crippen LogP contribution in [0.4, 0.5) is 5.69 Å². The number of sulfonamides is 1. The molecule has 0 saturated carbocycles. The Kier molecular flexibility index (Phi) is 11.4. The van der Waals surface area contributed by atoms with E-state index in [4.69, 9.17) is 11.6 Å². The van der Waals surface area contributed by atoms with E-state index >= 15 is 0 Å². The fraction of sp³-hybridized carbons (Fsp3) is 0.278. The maximum atomic E-state index is 14.6. The summed E-state index contributed by atoms with van der Waals surface area (Å²) in [6, 6.07) is 29.2. The van der Waals surface area contributed by atoms with Crippen molar-refractivity contribution in [1.82, 2.24) is 10.2 Å². The molecule has 1 N–H and O–H groups in total. The predicted molar refractivity (Wildman–Crippen MR) is 181 cm³/mol. The van der Waals surface area contributed by atoms with Gasteiger partial charge in [-0.1, -0.05) is 110 Å². The van der Waals surface area contributed by atoms with Crippen LogP contribution in [0.15, 0.2) is 108 Å². The lowest BCUT2D eigenvalue weighted by Gasteiger charge is -2.34. The zero-order valence-electron chi connectivity index (χ0n) is 26.1. The summed E-state index contributed by atoms with van der Waals surface area (Å²) in [4.78, 5) is 29.9. The van der Waals surface area contributed by atoms with Crippen LogP contribution in [0.1, 0.15) is 36.1 Å². The second-order valence-corrected chi connectivity index (χ2v) is 13.8. The highest BCUT2D eigenvalue weighted by molar-refractivity contribution is 7.92. The molecule has 0 saturated heterocycles. The second kappa shape index (κ2) is 15.2. The molecule has 0 fully saturated rings. The number of carbonyl (C=O) groups is 2. The minimum Gasteiger partial charge on any atom is -0.354 e. The van der Waals surface area contributed by atoms with Gasteiger partial charge in [0.1, 0.15) is 12.6 Å². The molecule has 0 aliphatic carbocycles. The van der Waals surface area contributed by atoms with Crippen LogP contribution in [-0.2, 0) is 32.6 Å². The summed E-state index contributed by atoms with van der Waals surface area (Å²) in [7, 11) is -4.17. The van der Waals surface area contributed by atoms with Crippen LogP contribution in [-0.4, -0.2) is 44.3 Å². The second-order valence-electron chi connectivity index (χ2n) is 11.6. The third kappa shape index (κ3) is 8.74. The molecule has 0 aliphatic heterocycles. The van der Waals surface area contributed by atoms with Gasteiger partial charge in [-0.15, -0.1) is 0 Å². The summed E-state index contributed by atoms with van der Waals surface area (Å²) in [5.74, 6) is -0.665. The highest BCUT2D eigenvalue weighted by atomic mass is 35.5.